The van der Waals surface area contributed by atoms with Crippen LogP contribution in [0.4, 0.5) is 0 Å². The minimum Gasteiger partial charge on any atom is -0.465 e. The highest BCUT2D eigenvalue weighted by Gasteiger charge is 2.03. The van der Waals surface area contributed by atoms with E-state index in [1.807, 2.05) is 0 Å². The van der Waals surface area contributed by atoms with Crippen LogP contribution in [0.5, 0.6) is 0 Å². The number of carbonyl (C=O) groups is 2. The van der Waals surface area contributed by atoms with Crippen LogP contribution in [-0.2, 0) is 9.53 Å². The maximum absolute atomic E-state index is 11.1. The third-order valence-corrected chi connectivity index (χ3v) is 1.77. The van der Waals surface area contributed by atoms with Crippen LogP contribution in [0.3, 0.4) is 0 Å². The molecule has 0 radical (unpaired) electrons. The van der Waals surface area contributed by atoms with Gasteiger partial charge < -0.3 is 4.74 Å². The van der Waals surface area contributed by atoms with Crippen LogP contribution in [0.25, 0.3) is 0 Å². The normalized spacial score (nSPS) is 10.1. The number of ether oxygens (including phenoxy) is 1. The van der Waals surface area contributed by atoms with Crippen molar-refractivity contribution in [2.75, 3.05) is 7.11 Å². The van der Waals surface area contributed by atoms with Gasteiger partial charge in [-0.3, -0.25) is 4.79 Å². The molecule has 5 nitrogen and oxygen atoms in total. The Bertz CT molecular complexity index is 410. The van der Waals surface area contributed by atoms with E-state index in [0.29, 0.717) is 5.56 Å². The number of amides is 1. The number of hydrogen-bond acceptors (Lipinski definition) is 4. The molecule has 84 valence electrons. The Morgan fingerprint density at radius 1 is 1.31 bits per heavy atom. The number of methoxy groups -OCH3 is 1. The molecule has 1 aromatic rings. The molecule has 1 aromatic carbocycles. The average molecular weight is 220 g/mol. The maximum atomic E-state index is 11.1. The fraction of sp³-hybridized carbons (Fsp3) is 0.182. The van der Waals surface area contributed by atoms with E-state index in [4.69, 9.17) is 0 Å². The monoisotopic (exact) mass is 220 g/mol. The summed E-state index contributed by atoms with van der Waals surface area (Å²) in [6.45, 7) is 1.37. The summed E-state index contributed by atoms with van der Waals surface area (Å²) < 4.78 is 4.56. The summed E-state index contributed by atoms with van der Waals surface area (Å²) in [4.78, 5) is 21.6. The first-order valence-electron chi connectivity index (χ1n) is 4.61. The average Bonchev–Trinajstić information content (AvgIpc) is 2.28. The van der Waals surface area contributed by atoms with E-state index in [1.165, 1.54) is 20.2 Å². The summed E-state index contributed by atoms with van der Waals surface area (Å²) >= 11 is 0. The summed E-state index contributed by atoms with van der Waals surface area (Å²) in [5.74, 6) is -0.618. The lowest BCUT2D eigenvalue weighted by atomic mass is 10.1. The summed E-state index contributed by atoms with van der Waals surface area (Å²) in [5, 5.41) is 3.70. The third kappa shape index (κ3) is 3.53. The lowest BCUT2D eigenvalue weighted by Crippen LogP contribution is -2.12. The Morgan fingerprint density at radius 3 is 2.44 bits per heavy atom. The van der Waals surface area contributed by atoms with Gasteiger partial charge in [0.25, 0.3) is 0 Å². The van der Waals surface area contributed by atoms with Gasteiger partial charge in [0, 0.05) is 6.92 Å². The SMILES string of the molecule is COC(=O)c1ccc(/C=N\NC(C)=O)cc1. The minimum absolute atomic E-state index is 0.234. The fourth-order valence-electron chi connectivity index (χ4n) is 1.02. The minimum atomic E-state index is -0.384. The van der Waals surface area contributed by atoms with Crippen LogP contribution in [0.1, 0.15) is 22.8 Å². The quantitative estimate of drug-likeness (QED) is 0.468. The van der Waals surface area contributed by atoms with E-state index in [2.05, 4.69) is 15.3 Å². The van der Waals surface area contributed by atoms with Crippen molar-refractivity contribution in [1.29, 1.82) is 0 Å². The summed E-state index contributed by atoms with van der Waals surface area (Å²) in [6, 6.07) is 6.66. The van der Waals surface area contributed by atoms with E-state index in [1.54, 1.807) is 24.3 Å². The Kier molecular flexibility index (Phi) is 4.20. The van der Waals surface area contributed by atoms with E-state index in [9.17, 15) is 9.59 Å². The van der Waals surface area contributed by atoms with Crippen molar-refractivity contribution in [3.63, 3.8) is 0 Å². The van der Waals surface area contributed by atoms with Crippen LogP contribution < -0.4 is 5.43 Å². The second kappa shape index (κ2) is 5.65. The highest BCUT2D eigenvalue weighted by Crippen LogP contribution is 2.03. The van der Waals surface area contributed by atoms with Gasteiger partial charge in [0.05, 0.1) is 18.9 Å². The number of nitrogens with zero attached hydrogens (tertiary/aromatic N) is 1. The fourth-order valence-corrected chi connectivity index (χ4v) is 1.02. The van der Waals surface area contributed by atoms with Crippen molar-refractivity contribution in [2.45, 2.75) is 6.92 Å². The molecule has 16 heavy (non-hydrogen) atoms. The van der Waals surface area contributed by atoms with Gasteiger partial charge in [0.15, 0.2) is 0 Å². The zero-order valence-corrected chi connectivity index (χ0v) is 9.06. The number of esters is 1. The van der Waals surface area contributed by atoms with Crippen molar-refractivity contribution in [1.82, 2.24) is 5.43 Å². The van der Waals surface area contributed by atoms with E-state index >= 15 is 0 Å². The van der Waals surface area contributed by atoms with Crippen LogP contribution in [0, 0.1) is 0 Å². The van der Waals surface area contributed by atoms with Crippen molar-refractivity contribution in [3.05, 3.63) is 35.4 Å². The molecule has 0 spiro atoms. The molecule has 0 fully saturated rings. The molecule has 0 saturated carbocycles. The third-order valence-electron chi connectivity index (χ3n) is 1.77. The number of nitrogens with one attached hydrogen (secondary N) is 1. The standard InChI is InChI=1S/C11H12N2O3/c1-8(14)13-12-7-9-3-5-10(6-4-9)11(15)16-2/h3-7H,1-2H3,(H,13,14)/b12-7-. The molecule has 0 heterocycles. The van der Waals surface area contributed by atoms with Gasteiger partial charge in [0.2, 0.25) is 5.91 Å². The molecular weight excluding hydrogens is 208 g/mol. The Balaban J connectivity index is 2.68. The van der Waals surface area contributed by atoms with Gasteiger partial charge in [0.1, 0.15) is 0 Å². The number of hydrogen-bond donors (Lipinski definition) is 1. The molecule has 1 N–H and O–H groups in total. The lowest BCUT2D eigenvalue weighted by Gasteiger charge is -1.98. The predicted molar refractivity (Wildman–Crippen MR) is 59.2 cm³/mol. The molecule has 0 aliphatic heterocycles. The smallest absolute Gasteiger partial charge is 0.337 e. The Hall–Kier alpha value is -2.17. The van der Waals surface area contributed by atoms with E-state index in [0.717, 1.165) is 5.56 Å². The molecule has 0 saturated heterocycles. The molecule has 0 aromatic heterocycles. The molecule has 0 aliphatic carbocycles. The molecule has 0 aliphatic rings. The van der Waals surface area contributed by atoms with Crippen molar-refractivity contribution < 1.29 is 14.3 Å². The maximum Gasteiger partial charge on any atom is 0.337 e. The highest BCUT2D eigenvalue weighted by atomic mass is 16.5. The van der Waals surface area contributed by atoms with E-state index in [-0.39, 0.29) is 11.9 Å². The Morgan fingerprint density at radius 2 is 1.94 bits per heavy atom. The summed E-state index contributed by atoms with van der Waals surface area (Å²) in [7, 11) is 1.33. The number of rotatable bonds is 3. The zero-order chi connectivity index (χ0) is 12.0. The number of carbonyl (C=O) groups excluding carboxylic acids is 2. The summed E-state index contributed by atoms with van der Waals surface area (Å²) in [5.41, 5.74) is 3.53. The molecule has 0 bridgehead atoms. The van der Waals surface area contributed by atoms with Crippen LogP contribution in [-0.4, -0.2) is 25.2 Å². The highest BCUT2D eigenvalue weighted by molar-refractivity contribution is 5.90. The first-order chi connectivity index (χ1) is 7.63. The largest absolute Gasteiger partial charge is 0.465 e. The molecule has 0 atom stereocenters. The van der Waals surface area contributed by atoms with E-state index < -0.39 is 0 Å². The van der Waals surface area contributed by atoms with Crippen molar-refractivity contribution in [2.24, 2.45) is 5.10 Å². The van der Waals surface area contributed by atoms with Crippen molar-refractivity contribution in [3.8, 4) is 0 Å². The van der Waals surface area contributed by atoms with Crippen LogP contribution >= 0.6 is 0 Å². The topological polar surface area (TPSA) is 67.8 Å². The lowest BCUT2D eigenvalue weighted by molar-refractivity contribution is -0.118. The second-order valence-corrected chi connectivity index (χ2v) is 3.04. The van der Waals surface area contributed by atoms with Gasteiger partial charge in [-0.05, 0) is 17.7 Å². The molecular formula is C11H12N2O3. The number of benzene rings is 1. The molecule has 5 heteroatoms. The summed E-state index contributed by atoms with van der Waals surface area (Å²) in [6.07, 6.45) is 1.49. The molecule has 1 amide bonds. The number of hydrazone groups is 1. The van der Waals surface area contributed by atoms with Crippen LogP contribution in [0.15, 0.2) is 29.4 Å². The van der Waals surface area contributed by atoms with Gasteiger partial charge in [-0.1, -0.05) is 12.1 Å². The first kappa shape index (κ1) is 11.9. The first-order valence-corrected chi connectivity index (χ1v) is 4.61. The molecule has 1 rings (SSSR count). The second-order valence-electron chi connectivity index (χ2n) is 3.04. The van der Waals surface area contributed by atoms with Crippen LogP contribution in [0.2, 0.25) is 0 Å². The predicted octanol–water partition coefficient (Wildman–Crippen LogP) is 0.943. The Labute approximate surface area is 93.1 Å². The molecule has 0 unspecified atom stereocenters. The van der Waals surface area contributed by atoms with Gasteiger partial charge >= 0.3 is 5.97 Å². The van der Waals surface area contributed by atoms with Gasteiger partial charge in [-0.15, -0.1) is 0 Å². The van der Waals surface area contributed by atoms with Gasteiger partial charge in [-0.25, -0.2) is 10.2 Å². The zero-order valence-electron chi connectivity index (χ0n) is 9.06. The van der Waals surface area contributed by atoms with Crippen molar-refractivity contribution >= 4 is 18.1 Å². The van der Waals surface area contributed by atoms with Gasteiger partial charge in [-0.2, -0.15) is 5.10 Å².